The summed E-state index contributed by atoms with van der Waals surface area (Å²) in [5.41, 5.74) is 5.33. The van der Waals surface area contributed by atoms with E-state index in [0.717, 1.165) is 4.90 Å². The van der Waals surface area contributed by atoms with Crippen molar-refractivity contribution in [2.75, 3.05) is 25.0 Å². The Kier molecular flexibility index (Phi) is 5.60. The third kappa shape index (κ3) is 5.91. The molecule has 8 heteroatoms. The molecule has 7 nitrogen and oxygen atoms in total. The lowest BCUT2D eigenvalue weighted by atomic mass is 10.3. The molecule has 1 aromatic rings. The van der Waals surface area contributed by atoms with Gasteiger partial charge in [-0.05, 0) is 24.3 Å². The number of carboxylic acids is 1. The first kappa shape index (κ1) is 15.6. The molecule has 0 aliphatic heterocycles. The van der Waals surface area contributed by atoms with Gasteiger partial charge in [0.15, 0.2) is 0 Å². The van der Waals surface area contributed by atoms with Gasteiger partial charge in [0.2, 0.25) is 11.8 Å². The minimum absolute atomic E-state index is 0.313. The summed E-state index contributed by atoms with van der Waals surface area (Å²) in [4.78, 5) is 34.2. The lowest BCUT2D eigenvalue weighted by Crippen LogP contribution is -2.41. The van der Waals surface area contributed by atoms with Crippen LogP contribution in [0.2, 0.25) is 0 Å². The third-order valence-electron chi connectivity index (χ3n) is 2.23. The molecule has 0 fully saturated rings. The van der Waals surface area contributed by atoms with Gasteiger partial charge in [0.25, 0.3) is 0 Å². The maximum atomic E-state index is 12.7. The molecule has 0 saturated carbocycles. The summed E-state index contributed by atoms with van der Waals surface area (Å²) >= 11 is 0. The van der Waals surface area contributed by atoms with Gasteiger partial charge in [-0.25, -0.2) is 4.39 Å². The molecule has 20 heavy (non-hydrogen) atoms. The quantitative estimate of drug-likeness (QED) is 0.632. The molecule has 0 unspecified atom stereocenters. The number of anilines is 1. The van der Waals surface area contributed by atoms with Gasteiger partial charge >= 0.3 is 5.97 Å². The van der Waals surface area contributed by atoms with Crippen molar-refractivity contribution in [3.8, 4) is 0 Å². The number of benzene rings is 1. The Bertz CT molecular complexity index is 488. The van der Waals surface area contributed by atoms with E-state index in [9.17, 15) is 18.8 Å². The van der Waals surface area contributed by atoms with E-state index in [-0.39, 0.29) is 13.1 Å². The number of carboxylic acid groups (broad SMARTS) is 1. The molecular weight excluding hydrogens is 269 g/mol. The van der Waals surface area contributed by atoms with Crippen LogP contribution < -0.4 is 11.1 Å². The number of carbonyl (C=O) groups is 3. The number of rotatable bonds is 7. The average molecular weight is 283 g/mol. The van der Waals surface area contributed by atoms with Crippen molar-refractivity contribution >= 4 is 23.5 Å². The average Bonchev–Trinajstić information content (AvgIpc) is 2.30. The zero-order valence-corrected chi connectivity index (χ0v) is 10.5. The number of hydrogen-bond donors (Lipinski definition) is 3. The van der Waals surface area contributed by atoms with E-state index in [4.69, 9.17) is 10.8 Å². The second-order valence-corrected chi connectivity index (χ2v) is 4.06. The van der Waals surface area contributed by atoms with Crippen LogP contribution in [-0.2, 0) is 14.4 Å². The fraction of sp³-hybridized carbons (Fsp3) is 0.250. The Hall–Kier alpha value is -2.48. The third-order valence-corrected chi connectivity index (χ3v) is 2.23. The van der Waals surface area contributed by atoms with Crippen molar-refractivity contribution in [3.63, 3.8) is 0 Å². The van der Waals surface area contributed by atoms with Crippen LogP contribution in [0.3, 0.4) is 0 Å². The van der Waals surface area contributed by atoms with E-state index in [1.165, 1.54) is 24.3 Å². The van der Waals surface area contributed by atoms with Gasteiger partial charge in [-0.1, -0.05) is 0 Å². The molecule has 0 aliphatic carbocycles. The summed E-state index contributed by atoms with van der Waals surface area (Å²) in [5.74, 6) is -2.88. The highest BCUT2D eigenvalue weighted by molar-refractivity contribution is 5.92. The maximum Gasteiger partial charge on any atom is 0.317 e. The van der Waals surface area contributed by atoms with Crippen LogP contribution in [0.25, 0.3) is 0 Å². The van der Waals surface area contributed by atoms with Gasteiger partial charge in [0, 0.05) is 5.69 Å². The molecule has 0 saturated heterocycles. The molecule has 0 heterocycles. The number of nitrogens with one attached hydrogen (secondary N) is 1. The van der Waals surface area contributed by atoms with E-state index in [2.05, 4.69) is 5.32 Å². The Balaban J connectivity index is 2.58. The van der Waals surface area contributed by atoms with E-state index in [1.807, 2.05) is 0 Å². The summed E-state index contributed by atoms with van der Waals surface area (Å²) in [6.45, 7) is -1.14. The summed E-state index contributed by atoms with van der Waals surface area (Å²) in [5, 5.41) is 11.1. The van der Waals surface area contributed by atoms with E-state index < -0.39 is 30.1 Å². The van der Waals surface area contributed by atoms with Crippen LogP contribution in [0.4, 0.5) is 10.1 Å². The molecule has 0 radical (unpaired) electrons. The normalized spacial score (nSPS) is 10.3. The Morgan fingerprint density at radius 3 is 2.25 bits per heavy atom. The van der Waals surface area contributed by atoms with Crippen molar-refractivity contribution in [1.29, 1.82) is 0 Å². The molecule has 4 N–H and O–H groups in total. The highest BCUT2D eigenvalue weighted by Crippen LogP contribution is 2.08. The predicted octanol–water partition coefficient (Wildman–Crippen LogP) is -0.364. The van der Waals surface area contributed by atoms with Crippen molar-refractivity contribution in [3.05, 3.63) is 30.1 Å². The highest BCUT2D eigenvalue weighted by Gasteiger charge is 2.16. The molecule has 0 bridgehead atoms. The number of amides is 2. The number of hydrogen-bond acceptors (Lipinski definition) is 4. The molecule has 1 aromatic carbocycles. The summed E-state index contributed by atoms with van der Waals surface area (Å²) in [6, 6.07) is 5.08. The van der Waals surface area contributed by atoms with Gasteiger partial charge < -0.3 is 16.2 Å². The van der Waals surface area contributed by atoms with Gasteiger partial charge in [-0.2, -0.15) is 0 Å². The monoisotopic (exact) mass is 283 g/mol. The SMILES string of the molecule is NC(=O)CN(CC(=O)O)CC(=O)Nc1ccc(F)cc1. The van der Waals surface area contributed by atoms with Crippen LogP contribution >= 0.6 is 0 Å². The number of nitrogens with two attached hydrogens (primary N) is 1. The standard InChI is InChI=1S/C12H14FN3O4/c13-8-1-3-9(4-2-8)15-11(18)6-16(5-10(14)17)7-12(19)20/h1-4H,5-7H2,(H2,14,17)(H,15,18)(H,19,20). The van der Waals surface area contributed by atoms with Crippen LogP contribution in [0.5, 0.6) is 0 Å². The van der Waals surface area contributed by atoms with Gasteiger partial charge in [0.05, 0.1) is 19.6 Å². The molecule has 0 aliphatic rings. The fourth-order valence-electron chi connectivity index (χ4n) is 1.52. The van der Waals surface area contributed by atoms with Crippen molar-refractivity contribution in [2.45, 2.75) is 0 Å². The first-order valence-corrected chi connectivity index (χ1v) is 5.64. The van der Waals surface area contributed by atoms with Gasteiger partial charge in [-0.3, -0.25) is 19.3 Å². The number of nitrogens with zero attached hydrogens (tertiary/aromatic N) is 1. The second-order valence-electron chi connectivity index (χ2n) is 4.06. The van der Waals surface area contributed by atoms with E-state index >= 15 is 0 Å². The Morgan fingerprint density at radius 1 is 1.15 bits per heavy atom. The topological polar surface area (TPSA) is 113 Å². The Labute approximate surface area is 114 Å². The largest absolute Gasteiger partial charge is 0.480 e. The summed E-state index contributed by atoms with van der Waals surface area (Å²) in [6.07, 6.45) is 0. The minimum Gasteiger partial charge on any atom is -0.480 e. The fourth-order valence-corrected chi connectivity index (χ4v) is 1.52. The molecule has 0 aromatic heterocycles. The van der Waals surface area contributed by atoms with Crippen LogP contribution in [0.1, 0.15) is 0 Å². The van der Waals surface area contributed by atoms with Crippen LogP contribution in [0.15, 0.2) is 24.3 Å². The van der Waals surface area contributed by atoms with Gasteiger partial charge in [-0.15, -0.1) is 0 Å². The first-order chi connectivity index (χ1) is 9.36. The van der Waals surface area contributed by atoms with Crippen molar-refractivity contribution in [2.24, 2.45) is 5.73 Å². The zero-order chi connectivity index (χ0) is 15.1. The van der Waals surface area contributed by atoms with Crippen LogP contribution in [-0.4, -0.2) is 47.4 Å². The number of aliphatic carboxylic acids is 1. The smallest absolute Gasteiger partial charge is 0.317 e. The zero-order valence-electron chi connectivity index (χ0n) is 10.5. The molecule has 0 spiro atoms. The molecule has 108 valence electrons. The van der Waals surface area contributed by atoms with Crippen molar-refractivity contribution in [1.82, 2.24) is 4.90 Å². The number of primary amides is 1. The Morgan fingerprint density at radius 2 is 1.75 bits per heavy atom. The molecule has 2 amide bonds. The predicted molar refractivity (Wildman–Crippen MR) is 68.3 cm³/mol. The molecule has 0 atom stereocenters. The maximum absolute atomic E-state index is 12.7. The lowest BCUT2D eigenvalue weighted by Gasteiger charge is -2.17. The minimum atomic E-state index is -1.18. The van der Waals surface area contributed by atoms with Gasteiger partial charge in [0.1, 0.15) is 5.82 Å². The summed E-state index contributed by atoms with van der Waals surface area (Å²) < 4.78 is 12.7. The second kappa shape index (κ2) is 7.19. The lowest BCUT2D eigenvalue weighted by molar-refractivity contribution is -0.138. The first-order valence-electron chi connectivity index (χ1n) is 5.64. The van der Waals surface area contributed by atoms with Crippen LogP contribution in [0, 0.1) is 5.82 Å². The summed E-state index contributed by atoms with van der Waals surface area (Å²) in [7, 11) is 0. The number of halogens is 1. The van der Waals surface area contributed by atoms with E-state index in [1.54, 1.807) is 0 Å². The van der Waals surface area contributed by atoms with E-state index in [0.29, 0.717) is 5.69 Å². The molecule has 1 rings (SSSR count). The highest BCUT2D eigenvalue weighted by atomic mass is 19.1. The molecular formula is C12H14FN3O4. The van der Waals surface area contributed by atoms with Crippen molar-refractivity contribution < 1.29 is 23.9 Å². The number of carbonyl (C=O) groups excluding carboxylic acids is 2.